The number of nitrogens with zero attached hydrogens (tertiary/aromatic N) is 1. The molecule has 4 rings (SSSR count). The Hall–Kier alpha value is -3.41. The summed E-state index contributed by atoms with van der Waals surface area (Å²) in [5.74, 6) is -2.12. The summed E-state index contributed by atoms with van der Waals surface area (Å²) in [5.41, 5.74) is 1.30. The second-order valence-corrected chi connectivity index (χ2v) is 9.46. The smallest absolute Gasteiger partial charge is 0.336 e. The van der Waals surface area contributed by atoms with E-state index in [2.05, 4.69) is 27.9 Å². The van der Waals surface area contributed by atoms with E-state index in [1.165, 1.54) is 36.4 Å². The zero-order valence-electron chi connectivity index (χ0n) is 18.1. The lowest BCUT2D eigenvalue weighted by atomic mass is 10.1. The van der Waals surface area contributed by atoms with Crippen LogP contribution in [0, 0.1) is 3.57 Å². The predicted octanol–water partition coefficient (Wildman–Crippen LogP) is 5.54. The second kappa shape index (κ2) is 10.7. The molecule has 0 spiro atoms. The van der Waals surface area contributed by atoms with E-state index in [-0.39, 0.29) is 33.5 Å². The van der Waals surface area contributed by atoms with Crippen LogP contribution in [-0.2, 0) is 16.2 Å². The number of nitrogens with one attached hydrogen (secondary N) is 1. The summed E-state index contributed by atoms with van der Waals surface area (Å²) in [7, 11) is 0. The van der Waals surface area contributed by atoms with E-state index >= 15 is 0 Å². The number of imide groups is 2. The van der Waals surface area contributed by atoms with Crippen molar-refractivity contribution in [1.29, 1.82) is 0 Å². The molecule has 3 aromatic rings. The normalized spacial score (nSPS) is 14.7. The monoisotopic (exact) mass is 636 g/mol. The Morgan fingerprint density at radius 3 is 2.44 bits per heavy atom. The van der Waals surface area contributed by atoms with Crippen molar-refractivity contribution in [3.05, 3.63) is 96.5 Å². The Kier molecular flexibility index (Phi) is 7.62. The molecule has 0 aliphatic carbocycles. The number of halogens is 3. The van der Waals surface area contributed by atoms with Crippen LogP contribution in [-0.4, -0.2) is 28.9 Å². The van der Waals surface area contributed by atoms with Gasteiger partial charge in [0.25, 0.3) is 11.8 Å². The predicted molar refractivity (Wildman–Crippen MR) is 142 cm³/mol. The van der Waals surface area contributed by atoms with Gasteiger partial charge < -0.3 is 9.84 Å². The molecule has 0 radical (unpaired) electrons. The largest absolute Gasteiger partial charge is 0.488 e. The van der Waals surface area contributed by atoms with Gasteiger partial charge in [-0.2, -0.15) is 0 Å². The molecule has 1 aliphatic heterocycles. The molecule has 0 bridgehead atoms. The van der Waals surface area contributed by atoms with Gasteiger partial charge in [0.2, 0.25) is 0 Å². The highest BCUT2D eigenvalue weighted by Crippen LogP contribution is 2.34. The molecule has 0 aromatic heterocycles. The van der Waals surface area contributed by atoms with Crippen molar-refractivity contribution < 1.29 is 29.0 Å². The number of urea groups is 1. The Morgan fingerprint density at radius 2 is 1.78 bits per heavy atom. The number of barbiturate groups is 1. The molecule has 0 unspecified atom stereocenters. The molecule has 1 heterocycles. The average molecular weight is 637 g/mol. The van der Waals surface area contributed by atoms with Crippen molar-refractivity contribution >= 4 is 81.4 Å². The van der Waals surface area contributed by atoms with Crippen LogP contribution in [0.1, 0.15) is 21.5 Å². The minimum Gasteiger partial charge on any atom is -0.488 e. The number of anilines is 1. The Labute approximate surface area is 228 Å². The fraction of sp³-hybridized carbons (Fsp3) is 0.0400. The highest BCUT2D eigenvalue weighted by atomic mass is 127. The molecule has 2 N–H and O–H groups in total. The van der Waals surface area contributed by atoms with Crippen LogP contribution < -0.4 is 15.0 Å². The lowest BCUT2D eigenvalue weighted by Crippen LogP contribution is -2.54. The molecule has 1 fully saturated rings. The van der Waals surface area contributed by atoms with Gasteiger partial charge in [0.1, 0.15) is 17.9 Å². The summed E-state index contributed by atoms with van der Waals surface area (Å²) >= 11 is 14.3. The number of carbonyl (C=O) groups excluding carboxylic acids is 3. The van der Waals surface area contributed by atoms with Crippen LogP contribution in [0.5, 0.6) is 5.75 Å². The van der Waals surface area contributed by atoms with E-state index in [1.54, 1.807) is 30.3 Å². The van der Waals surface area contributed by atoms with Crippen molar-refractivity contribution in [2.24, 2.45) is 0 Å². The first kappa shape index (κ1) is 25.7. The van der Waals surface area contributed by atoms with Gasteiger partial charge in [-0.1, -0.05) is 47.5 Å². The third kappa shape index (κ3) is 5.38. The molecule has 0 atom stereocenters. The summed E-state index contributed by atoms with van der Waals surface area (Å²) in [6.07, 6.45) is 1.37. The first-order valence-electron chi connectivity index (χ1n) is 10.3. The molecule has 1 saturated heterocycles. The van der Waals surface area contributed by atoms with E-state index in [4.69, 9.17) is 33.0 Å². The lowest BCUT2D eigenvalue weighted by Gasteiger charge is -2.27. The number of amides is 4. The standard InChI is InChI=1S/C25H15Cl2IN2O6/c26-17-2-1-3-19(21(17)27)30-23(32)16(22(31)29-25(30)35)10-14-6-9-20(18(28)11-14)36-12-13-4-7-15(8-5-13)24(33)34/h1-11H,12H2,(H,33,34)(H,29,31,35)/b16-10+. The van der Waals surface area contributed by atoms with Gasteiger partial charge in [0.05, 0.1) is 24.9 Å². The third-order valence-corrected chi connectivity index (χ3v) is 6.79. The number of carbonyl (C=O) groups is 4. The average Bonchev–Trinajstić information content (AvgIpc) is 2.84. The number of benzene rings is 3. The minimum atomic E-state index is -1.00. The SMILES string of the molecule is O=C1NC(=O)N(c2cccc(Cl)c2Cl)C(=O)/C1=C/c1ccc(OCc2ccc(C(=O)O)cc2)c(I)c1. The van der Waals surface area contributed by atoms with Crippen molar-refractivity contribution in [1.82, 2.24) is 5.32 Å². The topological polar surface area (TPSA) is 113 Å². The van der Waals surface area contributed by atoms with Crippen LogP contribution in [0.3, 0.4) is 0 Å². The number of carboxylic acid groups (broad SMARTS) is 1. The number of aromatic carboxylic acids is 1. The van der Waals surface area contributed by atoms with E-state index in [9.17, 15) is 19.2 Å². The molecule has 1 aliphatic rings. The van der Waals surface area contributed by atoms with Gasteiger partial charge in [0, 0.05) is 0 Å². The Bertz CT molecular complexity index is 1440. The highest BCUT2D eigenvalue weighted by molar-refractivity contribution is 14.1. The zero-order chi connectivity index (χ0) is 26.0. The Balaban J connectivity index is 1.55. The maximum atomic E-state index is 13.1. The van der Waals surface area contributed by atoms with E-state index in [1.807, 2.05) is 0 Å². The molecular formula is C25H15Cl2IN2O6. The van der Waals surface area contributed by atoms with Gasteiger partial charge in [-0.25, -0.2) is 14.5 Å². The number of hydrogen-bond acceptors (Lipinski definition) is 5. The molecule has 4 amide bonds. The minimum absolute atomic E-state index is 0.00464. The van der Waals surface area contributed by atoms with Crippen LogP contribution in [0.4, 0.5) is 10.5 Å². The highest BCUT2D eigenvalue weighted by Gasteiger charge is 2.38. The molecule has 36 heavy (non-hydrogen) atoms. The Morgan fingerprint density at radius 1 is 1.06 bits per heavy atom. The number of rotatable bonds is 6. The number of carboxylic acids is 1. The van der Waals surface area contributed by atoms with Crippen LogP contribution >= 0.6 is 45.8 Å². The summed E-state index contributed by atoms with van der Waals surface area (Å²) in [6.45, 7) is 0.217. The van der Waals surface area contributed by atoms with Crippen LogP contribution in [0.2, 0.25) is 10.0 Å². The molecule has 3 aromatic carbocycles. The molecule has 182 valence electrons. The quantitative estimate of drug-likeness (QED) is 0.209. The first-order chi connectivity index (χ1) is 17.2. The first-order valence-corrected chi connectivity index (χ1v) is 12.1. The molecule has 0 saturated carbocycles. The van der Waals surface area contributed by atoms with Crippen molar-refractivity contribution in [3.8, 4) is 5.75 Å². The van der Waals surface area contributed by atoms with E-state index in [0.29, 0.717) is 14.9 Å². The zero-order valence-corrected chi connectivity index (χ0v) is 21.8. The maximum absolute atomic E-state index is 13.1. The van der Waals surface area contributed by atoms with Gasteiger partial charge in [-0.05, 0) is 76.2 Å². The van der Waals surface area contributed by atoms with Crippen molar-refractivity contribution in [3.63, 3.8) is 0 Å². The molecular weight excluding hydrogens is 622 g/mol. The van der Waals surface area contributed by atoms with Crippen molar-refractivity contribution in [2.75, 3.05) is 4.90 Å². The van der Waals surface area contributed by atoms with E-state index < -0.39 is 23.8 Å². The molecule has 8 nitrogen and oxygen atoms in total. The summed E-state index contributed by atoms with van der Waals surface area (Å²) in [6, 6.07) is 14.9. The number of ether oxygens (including phenoxy) is 1. The van der Waals surface area contributed by atoms with Gasteiger partial charge in [-0.15, -0.1) is 0 Å². The summed E-state index contributed by atoms with van der Waals surface area (Å²) in [4.78, 5) is 49.7. The fourth-order valence-corrected chi connectivity index (χ4v) is 4.41. The third-order valence-electron chi connectivity index (χ3n) is 5.14. The molecule has 11 heteroatoms. The number of hydrogen-bond donors (Lipinski definition) is 2. The van der Waals surface area contributed by atoms with Gasteiger partial charge >= 0.3 is 12.0 Å². The second-order valence-electron chi connectivity index (χ2n) is 7.51. The van der Waals surface area contributed by atoms with Crippen molar-refractivity contribution in [2.45, 2.75) is 6.61 Å². The van der Waals surface area contributed by atoms with Gasteiger partial charge in [-0.3, -0.25) is 14.9 Å². The lowest BCUT2D eigenvalue weighted by molar-refractivity contribution is -0.122. The van der Waals surface area contributed by atoms with E-state index in [0.717, 1.165) is 10.5 Å². The fourth-order valence-electron chi connectivity index (χ4n) is 3.34. The van der Waals surface area contributed by atoms with Gasteiger partial charge in [0.15, 0.2) is 0 Å². The van der Waals surface area contributed by atoms with Crippen LogP contribution in [0.15, 0.2) is 66.2 Å². The van der Waals surface area contributed by atoms with Crippen LogP contribution in [0.25, 0.3) is 6.08 Å². The summed E-state index contributed by atoms with van der Waals surface area (Å²) in [5, 5.41) is 11.3. The summed E-state index contributed by atoms with van der Waals surface area (Å²) < 4.78 is 6.53. The maximum Gasteiger partial charge on any atom is 0.336 e.